The van der Waals surface area contributed by atoms with Gasteiger partial charge in [0.1, 0.15) is 24.2 Å². The van der Waals surface area contributed by atoms with E-state index < -0.39 is 34.3 Å². The molecule has 1 saturated carbocycles. The van der Waals surface area contributed by atoms with E-state index in [1.54, 1.807) is 31.2 Å². The minimum absolute atomic E-state index is 0.0570. The zero-order chi connectivity index (χ0) is 26.3. The molecule has 36 heavy (non-hydrogen) atoms. The summed E-state index contributed by atoms with van der Waals surface area (Å²) in [5, 5.41) is 3.05. The van der Waals surface area contributed by atoms with Crippen molar-refractivity contribution in [1.29, 1.82) is 0 Å². The van der Waals surface area contributed by atoms with E-state index in [2.05, 4.69) is 5.32 Å². The minimum Gasteiger partial charge on any atom is -0.497 e. The third-order valence-electron chi connectivity index (χ3n) is 6.37. The largest absolute Gasteiger partial charge is 0.497 e. The molecule has 196 valence electrons. The Morgan fingerprint density at radius 2 is 1.83 bits per heavy atom. The van der Waals surface area contributed by atoms with Gasteiger partial charge < -0.3 is 15.0 Å². The van der Waals surface area contributed by atoms with Gasteiger partial charge in [0.15, 0.2) is 0 Å². The lowest BCUT2D eigenvalue weighted by molar-refractivity contribution is -0.140. The Balaban J connectivity index is 1.94. The van der Waals surface area contributed by atoms with Gasteiger partial charge in [-0.3, -0.25) is 13.9 Å². The summed E-state index contributed by atoms with van der Waals surface area (Å²) in [7, 11) is -2.47. The van der Waals surface area contributed by atoms with Crippen LogP contribution in [0.25, 0.3) is 0 Å². The van der Waals surface area contributed by atoms with Crippen molar-refractivity contribution in [2.75, 3.05) is 24.2 Å². The van der Waals surface area contributed by atoms with Crippen LogP contribution in [0, 0.1) is 5.82 Å². The van der Waals surface area contributed by atoms with Crippen molar-refractivity contribution in [1.82, 2.24) is 10.2 Å². The third kappa shape index (κ3) is 6.96. The highest BCUT2D eigenvalue weighted by Crippen LogP contribution is 2.24. The van der Waals surface area contributed by atoms with E-state index in [9.17, 15) is 22.4 Å². The van der Waals surface area contributed by atoms with Crippen LogP contribution in [-0.4, -0.2) is 57.1 Å². The SMILES string of the molecule is CC[C@H](C(=O)NC1CCCC1)N(Cc1cccc(OC)c1)C(=O)CN(c1ccccc1F)S(C)(=O)=O. The van der Waals surface area contributed by atoms with Gasteiger partial charge in [-0.25, -0.2) is 12.8 Å². The number of carbonyl (C=O) groups excluding carboxylic acids is 2. The van der Waals surface area contributed by atoms with E-state index in [0.717, 1.165) is 42.3 Å². The molecule has 1 aliphatic rings. The lowest BCUT2D eigenvalue weighted by atomic mass is 10.1. The summed E-state index contributed by atoms with van der Waals surface area (Å²) >= 11 is 0. The molecule has 0 aromatic heterocycles. The molecule has 2 amide bonds. The van der Waals surface area contributed by atoms with Gasteiger partial charge in [-0.05, 0) is 49.1 Å². The van der Waals surface area contributed by atoms with E-state index in [1.807, 2.05) is 0 Å². The van der Waals surface area contributed by atoms with Gasteiger partial charge in [0.2, 0.25) is 21.8 Å². The second-order valence-electron chi connectivity index (χ2n) is 9.01. The van der Waals surface area contributed by atoms with Crippen LogP contribution in [0.1, 0.15) is 44.6 Å². The van der Waals surface area contributed by atoms with Gasteiger partial charge in [0.05, 0.1) is 19.1 Å². The molecule has 0 radical (unpaired) electrons. The number of carbonyl (C=O) groups is 2. The van der Waals surface area contributed by atoms with Crippen LogP contribution < -0.4 is 14.4 Å². The van der Waals surface area contributed by atoms with Gasteiger partial charge >= 0.3 is 0 Å². The fraction of sp³-hybridized carbons (Fsp3) is 0.462. The molecule has 2 aromatic rings. The minimum atomic E-state index is -4.00. The highest BCUT2D eigenvalue weighted by Gasteiger charge is 2.33. The Bertz CT molecular complexity index is 1170. The highest BCUT2D eigenvalue weighted by molar-refractivity contribution is 7.92. The Kier molecular flexibility index (Phi) is 9.31. The molecule has 8 nitrogen and oxygen atoms in total. The summed E-state index contributed by atoms with van der Waals surface area (Å²) in [5.41, 5.74) is 0.491. The van der Waals surface area contributed by atoms with Crippen molar-refractivity contribution in [2.45, 2.75) is 57.7 Å². The number of ether oxygens (including phenoxy) is 1. The molecule has 10 heteroatoms. The number of benzene rings is 2. The Hall–Kier alpha value is -3.14. The summed E-state index contributed by atoms with van der Waals surface area (Å²) in [6.45, 7) is 1.22. The zero-order valence-corrected chi connectivity index (χ0v) is 21.8. The molecular formula is C26H34FN3O5S. The maximum absolute atomic E-state index is 14.5. The zero-order valence-electron chi connectivity index (χ0n) is 20.9. The van der Waals surface area contributed by atoms with Crippen LogP contribution >= 0.6 is 0 Å². The second kappa shape index (κ2) is 12.2. The monoisotopic (exact) mass is 519 g/mol. The Labute approximate surface area is 212 Å². The first-order chi connectivity index (χ1) is 17.1. The first-order valence-electron chi connectivity index (χ1n) is 12.1. The van der Waals surface area contributed by atoms with E-state index >= 15 is 0 Å². The lowest BCUT2D eigenvalue weighted by Gasteiger charge is -2.33. The normalized spacial score (nSPS) is 14.8. The molecule has 0 unspecified atom stereocenters. The number of nitrogens with one attached hydrogen (secondary N) is 1. The van der Waals surface area contributed by atoms with Crippen molar-refractivity contribution >= 4 is 27.5 Å². The van der Waals surface area contributed by atoms with Crippen LogP contribution in [0.5, 0.6) is 5.75 Å². The van der Waals surface area contributed by atoms with Gasteiger partial charge in [0, 0.05) is 12.6 Å². The summed E-state index contributed by atoms with van der Waals surface area (Å²) < 4.78 is 45.7. The summed E-state index contributed by atoms with van der Waals surface area (Å²) in [4.78, 5) is 28.3. The van der Waals surface area contributed by atoms with Gasteiger partial charge in [-0.15, -0.1) is 0 Å². The fourth-order valence-electron chi connectivity index (χ4n) is 4.50. The van der Waals surface area contributed by atoms with E-state index in [-0.39, 0.29) is 24.2 Å². The molecule has 1 fully saturated rings. The smallest absolute Gasteiger partial charge is 0.244 e. The molecule has 0 aliphatic heterocycles. The average Bonchev–Trinajstić information content (AvgIpc) is 3.35. The standard InChI is InChI=1S/C26H34FN3O5S/c1-4-23(26(32)28-20-11-5-6-12-20)29(17-19-10-9-13-21(16-19)35-2)25(31)18-30(36(3,33)34)24-15-8-7-14-22(24)27/h7-10,13-16,20,23H,4-6,11-12,17-18H2,1-3H3,(H,28,32)/t23-/m1/s1. The van der Waals surface area contributed by atoms with Crippen molar-refractivity contribution in [2.24, 2.45) is 0 Å². The third-order valence-corrected chi connectivity index (χ3v) is 7.50. The predicted molar refractivity (Wildman–Crippen MR) is 137 cm³/mol. The summed E-state index contributed by atoms with van der Waals surface area (Å²) in [6, 6.07) is 11.7. The average molecular weight is 520 g/mol. The van der Waals surface area contributed by atoms with Crippen LogP contribution in [-0.2, 0) is 26.2 Å². The van der Waals surface area contributed by atoms with Gasteiger partial charge in [-0.1, -0.05) is 44.0 Å². The number of hydrogen-bond acceptors (Lipinski definition) is 5. The van der Waals surface area contributed by atoms with Crippen LogP contribution in [0.4, 0.5) is 10.1 Å². The van der Waals surface area contributed by atoms with Crippen molar-refractivity contribution in [3.05, 3.63) is 59.9 Å². The molecular weight excluding hydrogens is 485 g/mol. The lowest BCUT2D eigenvalue weighted by Crippen LogP contribution is -2.53. The summed E-state index contributed by atoms with van der Waals surface area (Å²) in [6.07, 6.45) is 5.11. The van der Waals surface area contributed by atoms with Crippen molar-refractivity contribution in [3.8, 4) is 5.75 Å². The van der Waals surface area contributed by atoms with E-state index in [0.29, 0.717) is 17.7 Å². The van der Waals surface area contributed by atoms with Crippen LogP contribution in [0.2, 0.25) is 0 Å². The topological polar surface area (TPSA) is 96.0 Å². The molecule has 0 heterocycles. The van der Waals surface area contributed by atoms with E-state index in [1.165, 1.54) is 30.2 Å². The van der Waals surface area contributed by atoms with Crippen LogP contribution in [0.15, 0.2) is 48.5 Å². The van der Waals surface area contributed by atoms with Crippen molar-refractivity contribution < 1.29 is 27.1 Å². The molecule has 3 rings (SSSR count). The Morgan fingerprint density at radius 1 is 1.14 bits per heavy atom. The molecule has 0 saturated heterocycles. The first-order valence-corrected chi connectivity index (χ1v) is 13.9. The molecule has 1 aliphatic carbocycles. The fourth-order valence-corrected chi connectivity index (χ4v) is 5.35. The number of hydrogen-bond donors (Lipinski definition) is 1. The predicted octanol–water partition coefficient (Wildman–Crippen LogP) is 3.47. The van der Waals surface area contributed by atoms with Crippen molar-refractivity contribution in [3.63, 3.8) is 0 Å². The quantitative estimate of drug-likeness (QED) is 0.491. The molecule has 0 bridgehead atoms. The summed E-state index contributed by atoms with van der Waals surface area (Å²) in [5.74, 6) is -1.06. The number of methoxy groups -OCH3 is 1. The highest BCUT2D eigenvalue weighted by atomic mass is 32.2. The number of halogens is 1. The number of nitrogens with zero attached hydrogens (tertiary/aromatic N) is 2. The molecule has 1 N–H and O–H groups in total. The molecule has 0 spiro atoms. The number of sulfonamides is 1. The maximum atomic E-state index is 14.5. The number of para-hydroxylation sites is 1. The second-order valence-corrected chi connectivity index (χ2v) is 10.9. The number of rotatable bonds is 11. The van der Waals surface area contributed by atoms with Gasteiger partial charge in [-0.2, -0.15) is 0 Å². The number of amides is 2. The van der Waals surface area contributed by atoms with Gasteiger partial charge in [0.25, 0.3) is 0 Å². The molecule has 1 atom stereocenters. The first kappa shape index (κ1) is 27.4. The number of anilines is 1. The maximum Gasteiger partial charge on any atom is 0.244 e. The molecule has 2 aromatic carbocycles. The Morgan fingerprint density at radius 3 is 2.44 bits per heavy atom. The van der Waals surface area contributed by atoms with Crippen LogP contribution in [0.3, 0.4) is 0 Å². The van der Waals surface area contributed by atoms with E-state index in [4.69, 9.17) is 4.74 Å².